The summed E-state index contributed by atoms with van der Waals surface area (Å²) in [6.07, 6.45) is 7.99. The van der Waals surface area contributed by atoms with Gasteiger partial charge in [0, 0.05) is 29.8 Å². The number of ether oxygens (including phenoxy) is 2. The van der Waals surface area contributed by atoms with Crippen LogP contribution in [0.25, 0.3) is 22.3 Å². The summed E-state index contributed by atoms with van der Waals surface area (Å²) < 4.78 is 11.3. The summed E-state index contributed by atoms with van der Waals surface area (Å²) in [5.74, 6) is 0. The number of hydrogen-bond donors (Lipinski definition) is 1. The third-order valence-corrected chi connectivity index (χ3v) is 3.91. The molecule has 0 saturated carbocycles. The van der Waals surface area contributed by atoms with Crippen molar-refractivity contribution in [1.29, 1.82) is 0 Å². The third kappa shape index (κ3) is 3.22. The number of methoxy groups -OCH3 is 1. The van der Waals surface area contributed by atoms with E-state index in [9.17, 15) is 4.79 Å². The van der Waals surface area contributed by atoms with Crippen molar-refractivity contribution < 1.29 is 14.3 Å². The van der Waals surface area contributed by atoms with E-state index >= 15 is 0 Å². The number of aromatic amines is 1. The van der Waals surface area contributed by atoms with E-state index in [4.69, 9.17) is 4.74 Å². The molecule has 0 bridgehead atoms. The fourth-order valence-corrected chi connectivity index (χ4v) is 2.62. The van der Waals surface area contributed by atoms with Crippen molar-refractivity contribution >= 4 is 17.2 Å². The Morgan fingerprint density at radius 2 is 2.29 bits per heavy atom. The Hall–Kier alpha value is -2.90. The Morgan fingerprint density at radius 1 is 1.42 bits per heavy atom. The zero-order valence-electron chi connectivity index (χ0n) is 13.6. The molecule has 8 nitrogen and oxygen atoms in total. The topological polar surface area (TPSA) is 94.9 Å². The lowest BCUT2D eigenvalue weighted by atomic mass is 10.1. The van der Waals surface area contributed by atoms with Gasteiger partial charge in [0.1, 0.15) is 12.0 Å². The monoisotopic (exact) mass is 329 g/mol. The fraction of sp³-hybridized carbons (Fsp3) is 0.375. The van der Waals surface area contributed by atoms with Crippen LogP contribution in [0.2, 0.25) is 0 Å². The fourth-order valence-electron chi connectivity index (χ4n) is 2.62. The molecule has 1 N–H and O–H groups in total. The lowest BCUT2D eigenvalue weighted by Gasteiger charge is -2.15. The number of aromatic nitrogens is 5. The summed E-state index contributed by atoms with van der Waals surface area (Å²) >= 11 is 0. The van der Waals surface area contributed by atoms with Crippen LogP contribution in [0.4, 0.5) is 4.79 Å². The van der Waals surface area contributed by atoms with Gasteiger partial charge in [0.15, 0.2) is 0 Å². The van der Waals surface area contributed by atoms with Crippen molar-refractivity contribution in [2.45, 2.75) is 25.8 Å². The molecule has 3 rings (SSSR count). The second-order valence-electron chi connectivity index (χ2n) is 5.32. The molecule has 0 aromatic carbocycles. The SMILES string of the molecule is CCC(CCOC(=O)OC)n1cc(-c2ncnc3[nH]ccc23)cn1. The Labute approximate surface area is 138 Å². The van der Waals surface area contributed by atoms with Gasteiger partial charge in [-0.3, -0.25) is 4.68 Å². The van der Waals surface area contributed by atoms with Crippen molar-refractivity contribution in [3.63, 3.8) is 0 Å². The number of rotatable bonds is 6. The van der Waals surface area contributed by atoms with Crippen LogP contribution in [0.1, 0.15) is 25.8 Å². The highest BCUT2D eigenvalue weighted by Gasteiger charge is 2.14. The van der Waals surface area contributed by atoms with E-state index in [-0.39, 0.29) is 12.6 Å². The van der Waals surface area contributed by atoms with Gasteiger partial charge in [-0.15, -0.1) is 0 Å². The average molecular weight is 329 g/mol. The Bertz CT molecular complexity index is 826. The molecule has 0 aliphatic rings. The smallest absolute Gasteiger partial charge is 0.438 e. The van der Waals surface area contributed by atoms with Gasteiger partial charge < -0.3 is 14.5 Å². The molecule has 0 radical (unpaired) electrons. The largest absolute Gasteiger partial charge is 0.507 e. The Morgan fingerprint density at radius 3 is 3.08 bits per heavy atom. The first kappa shape index (κ1) is 16.0. The van der Waals surface area contributed by atoms with Gasteiger partial charge in [0.25, 0.3) is 0 Å². The summed E-state index contributed by atoms with van der Waals surface area (Å²) in [7, 11) is 1.29. The summed E-state index contributed by atoms with van der Waals surface area (Å²) in [6, 6.07) is 2.08. The first-order chi connectivity index (χ1) is 11.7. The molecule has 126 valence electrons. The van der Waals surface area contributed by atoms with Crippen molar-refractivity contribution in [2.24, 2.45) is 0 Å². The van der Waals surface area contributed by atoms with E-state index in [0.29, 0.717) is 6.42 Å². The standard InChI is InChI=1S/C16H19N5O3/c1-3-12(5-7-24-16(22)23-2)21-9-11(8-20-21)14-13-4-6-17-15(13)19-10-18-14/h4,6,8-10,12H,3,5,7H2,1-2H3,(H,17,18,19). The van der Waals surface area contributed by atoms with Crippen molar-refractivity contribution in [3.8, 4) is 11.3 Å². The lowest BCUT2D eigenvalue weighted by molar-refractivity contribution is 0.0679. The molecule has 3 heterocycles. The van der Waals surface area contributed by atoms with E-state index in [2.05, 4.69) is 31.7 Å². The van der Waals surface area contributed by atoms with E-state index < -0.39 is 6.16 Å². The van der Waals surface area contributed by atoms with Crippen LogP contribution >= 0.6 is 0 Å². The summed E-state index contributed by atoms with van der Waals surface area (Å²) in [4.78, 5) is 22.7. The van der Waals surface area contributed by atoms with Gasteiger partial charge in [0.2, 0.25) is 0 Å². The Kier molecular flexibility index (Phi) is 4.74. The molecule has 24 heavy (non-hydrogen) atoms. The molecular formula is C16H19N5O3. The number of H-pyrrole nitrogens is 1. The number of fused-ring (bicyclic) bond motifs is 1. The second-order valence-corrected chi connectivity index (χ2v) is 5.32. The maximum absolute atomic E-state index is 11.0. The highest BCUT2D eigenvalue weighted by Crippen LogP contribution is 2.26. The predicted molar refractivity (Wildman–Crippen MR) is 87.4 cm³/mol. The van der Waals surface area contributed by atoms with Crippen LogP contribution in [-0.2, 0) is 9.47 Å². The quantitative estimate of drug-likeness (QED) is 0.699. The van der Waals surface area contributed by atoms with Crippen molar-refractivity contribution in [3.05, 3.63) is 31.0 Å². The van der Waals surface area contributed by atoms with Crippen LogP contribution in [0.3, 0.4) is 0 Å². The minimum atomic E-state index is -0.665. The number of nitrogens with zero attached hydrogens (tertiary/aromatic N) is 4. The van der Waals surface area contributed by atoms with Gasteiger partial charge in [0.05, 0.1) is 31.6 Å². The van der Waals surface area contributed by atoms with Crippen LogP contribution in [0.15, 0.2) is 31.0 Å². The number of nitrogens with one attached hydrogen (secondary N) is 1. The predicted octanol–water partition coefficient (Wildman–Crippen LogP) is 2.95. The molecule has 3 aromatic heterocycles. The Balaban J connectivity index is 1.76. The molecule has 1 unspecified atom stereocenters. The number of hydrogen-bond acceptors (Lipinski definition) is 6. The van der Waals surface area contributed by atoms with Crippen molar-refractivity contribution in [1.82, 2.24) is 24.7 Å². The summed E-state index contributed by atoms with van der Waals surface area (Å²) in [5.41, 5.74) is 2.56. The minimum Gasteiger partial charge on any atom is -0.438 e. The van der Waals surface area contributed by atoms with E-state index in [1.165, 1.54) is 13.4 Å². The molecule has 0 saturated heterocycles. The van der Waals surface area contributed by atoms with Crippen LogP contribution in [0, 0.1) is 0 Å². The summed E-state index contributed by atoms with van der Waals surface area (Å²) in [5, 5.41) is 5.40. The van der Waals surface area contributed by atoms with Gasteiger partial charge in [-0.2, -0.15) is 5.10 Å². The van der Waals surface area contributed by atoms with Crippen LogP contribution < -0.4 is 0 Å². The molecular weight excluding hydrogens is 310 g/mol. The molecule has 3 aromatic rings. The average Bonchev–Trinajstić information content (AvgIpc) is 3.27. The van der Waals surface area contributed by atoms with Gasteiger partial charge in [-0.1, -0.05) is 6.92 Å². The normalized spacial score (nSPS) is 12.2. The van der Waals surface area contributed by atoms with Gasteiger partial charge in [-0.25, -0.2) is 14.8 Å². The van der Waals surface area contributed by atoms with E-state index in [0.717, 1.165) is 28.7 Å². The molecule has 0 amide bonds. The molecule has 8 heteroatoms. The molecule has 0 spiro atoms. The van der Waals surface area contributed by atoms with Crippen molar-refractivity contribution in [2.75, 3.05) is 13.7 Å². The molecule has 0 aliphatic heterocycles. The second kappa shape index (κ2) is 7.12. The highest BCUT2D eigenvalue weighted by molar-refractivity contribution is 5.89. The lowest BCUT2D eigenvalue weighted by Crippen LogP contribution is -2.13. The minimum absolute atomic E-state index is 0.131. The summed E-state index contributed by atoms with van der Waals surface area (Å²) in [6.45, 7) is 2.36. The highest BCUT2D eigenvalue weighted by atomic mass is 16.7. The number of carbonyl (C=O) groups is 1. The number of carbonyl (C=O) groups excluding carboxylic acids is 1. The van der Waals surface area contributed by atoms with Crippen LogP contribution in [0.5, 0.6) is 0 Å². The zero-order valence-corrected chi connectivity index (χ0v) is 13.6. The maximum Gasteiger partial charge on any atom is 0.507 e. The van der Waals surface area contributed by atoms with Crippen LogP contribution in [-0.4, -0.2) is 44.6 Å². The third-order valence-electron chi connectivity index (χ3n) is 3.91. The van der Waals surface area contributed by atoms with E-state index in [1.54, 1.807) is 6.20 Å². The zero-order chi connectivity index (χ0) is 16.9. The van der Waals surface area contributed by atoms with Gasteiger partial charge >= 0.3 is 6.16 Å². The maximum atomic E-state index is 11.0. The molecule has 0 fully saturated rings. The van der Waals surface area contributed by atoms with Gasteiger partial charge in [-0.05, 0) is 12.5 Å². The first-order valence-electron chi connectivity index (χ1n) is 7.76. The molecule has 0 aliphatic carbocycles. The first-order valence-corrected chi connectivity index (χ1v) is 7.76. The van der Waals surface area contributed by atoms with E-state index in [1.807, 2.05) is 23.1 Å². The molecule has 1 atom stereocenters.